The van der Waals surface area contributed by atoms with Gasteiger partial charge in [-0.2, -0.15) is 5.26 Å². The maximum atomic E-state index is 12.7. The summed E-state index contributed by atoms with van der Waals surface area (Å²) < 4.78 is 6.76. The van der Waals surface area contributed by atoms with Crippen molar-refractivity contribution in [2.45, 2.75) is 13.8 Å². The van der Waals surface area contributed by atoms with E-state index in [0.29, 0.717) is 36.7 Å². The van der Waals surface area contributed by atoms with Gasteiger partial charge in [-0.05, 0) is 111 Å². The Kier molecular flexibility index (Phi) is 9.10. The van der Waals surface area contributed by atoms with Crippen LogP contribution in [-0.2, 0) is 9.59 Å². The Balaban J connectivity index is 1.71. The zero-order valence-corrected chi connectivity index (χ0v) is 22.7. The number of halogens is 3. The van der Waals surface area contributed by atoms with Crippen LogP contribution in [-0.4, -0.2) is 18.4 Å². The molecule has 0 bridgehead atoms. The Morgan fingerprint density at radius 3 is 2.34 bits per heavy atom. The molecule has 0 aliphatic rings. The average Bonchev–Trinajstić information content (AvgIpc) is 2.81. The second-order valence-corrected chi connectivity index (χ2v) is 9.67. The number of anilines is 2. The van der Waals surface area contributed by atoms with Gasteiger partial charge in [-0.15, -0.1) is 0 Å². The predicted molar refractivity (Wildman–Crippen MR) is 146 cm³/mol. The number of nitrogens with one attached hydrogen (secondary N) is 2. The first kappa shape index (κ1) is 26.5. The molecule has 9 heteroatoms. The Labute approximate surface area is 225 Å². The van der Waals surface area contributed by atoms with Crippen molar-refractivity contribution >= 4 is 72.7 Å². The molecule has 0 unspecified atom stereocenters. The van der Waals surface area contributed by atoms with Crippen molar-refractivity contribution in [3.8, 4) is 11.8 Å². The van der Waals surface area contributed by atoms with Gasteiger partial charge in [-0.25, -0.2) is 0 Å². The summed E-state index contributed by atoms with van der Waals surface area (Å²) in [4.78, 5) is 24.9. The quantitative estimate of drug-likeness (QED) is 0.220. The smallest absolute Gasteiger partial charge is 0.266 e. The van der Waals surface area contributed by atoms with Crippen LogP contribution in [0.3, 0.4) is 0 Å². The van der Waals surface area contributed by atoms with Gasteiger partial charge in [0.15, 0.2) is 6.61 Å². The first-order valence-electron chi connectivity index (χ1n) is 10.3. The molecular formula is C26H20Br2ClN3O3. The van der Waals surface area contributed by atoms with Crippen molar-refractivity contribution in [2.75, 3.05) is 17.2 Å². The Hall–Kier alpha value is -3.12. The standard InChI is InChI=1S/C26H20Br2ClN3O3/c1-15-4-3-5-23(16(15)2)32-26(34)18(13-30)10-17-11-21(27)25(22(28)12-17)35-14-24(33)31-20-8-6-19(29)7-9-20/h3-12H,14H2,1-2H3,(H,31,33)(H,32,34)/b18-10+. The Morgan fingerprint density at radius 1 is 1.06 bits per heavy atom. The summed E-state index contributed by atoms with van der Waals surface area (Å²) in [5.41, 5.74) is 3.76. The number of benzene rings is 3. The number of ether oxygens (including phenoxy) is 1. The van der Waals surface area contributed by atoms with Crippen LogP contribution in [0.25, 0.3) is 6.08 Å². The maximum Gasteiger partial charge on any atom is 0.266 e. The van der Waals surface area contributed by atoms with Crippen molar-refractivity contribution in [3.63, 3.8) is 0 Å². The first-order chi connectivity index (χ1) is 16.7. The summed E-state index contributed by atoms with van der Waals surface area (Å²) in [6, 6.07) is 17.7. The molecule has 178 valence electrons. The normalized spacial score (nSPS) is 10.9. The van der Waals surface area contributed by atoms with E-state index in [1.54, 1.807) is 42.5 Å². The molecule has 0 saturated carbocycles. The van der Waals surface area contributed by atoms with Gasteiger partial charge in [-0.3, -0.25) is 9.59 Å². The lowest BCUT2D eigenvalue weighted by Gasteiger charge is -2.12. The molecule has 0 heterocycles. The van der Waals surface area contributed by atoms with Gasteiger partial charge in [0.2, 0.25) is 0 Å². The highest BCUT2D eigenvalue weighted by Gasteiger charge is 2.15. The number of aryl methyl sites for hydroxylation is 1. The second-order valence-electron chi connectivity index (χ2n) is 7.53. The molecule has 0 saturated heterocycles. The molecule has 3 aromatic rings. The molecule has 0 aliphatic heterocycles. The molecule has 2 amide bonds. The van der Waals surface area contributed by atoms with Gasteiger partial charge in [-0.1, -0.05) is 23.7 Å². The SMILES string of the molecule is Cc1cccc(NC(=O)/C(C#N)=C/c2cc(Br)c(OCC(=O)Nc3ccc(Cl)cc3)c(Br)c2)c1C. The fraction of sp³-hybridized carbons (Fsp3) is 0.115. The van der Waals surface area contributed by atoms with Crippen LogP contribution in [0.1, 0.15) is 16.7 Å². The third kappa shape index (κ3) is 7.18. The lowest BCUT2D eigenvalue weighted by molar-refractivity contribution is -0.118. The number of carbonyl (C=O) groups is 2. The molecule has 0 aromatic heterocycles. The van der Waals surface area contributed by atoms with E-state index in [0.717, 1.165) is 11.1 Å². The molecule has 0 fully saturated rings. The minimum Gasteiger partial charge on any atom is -0.481 e. The third-order valence-electron chi connectivity index (χ3n) is 5.03. The van der Waals surface area contributed by atoms with Gasteiger partial charge >= 0.3 is 0 Å². The molecule has 6 nitrogen and oxygen atoms in total. The summed E-state index contributed by atoms with van der Waals surface area (Å²) in [5, 5.41) is 15.6. The van der Waals surface area contributed by atoms with E-state index in [2.05, 4.69) is 42.5 Å². The van der Waals surface area contributed by atoms with Crippen molar-refractivity contribution < 1.29 is 14.3 Å². The number of nitrogens with zero attached hydrogens (tertiary/aromatic N) is 1. The molecule has 0 aliphatic carbocycles. The van der Waals surface area contributed by atoms with Gasteiger partial charge in [0, 0.05) is 16.4 Å². The topological polar surface area (TPSA) is 91.2 Å². The van der Waals surface area contributed by atoms with Gasteiger partial charge in [0.1, 0.15) is 17.4 Å². The highest BCUT2D eigenvalue weighted by Crippen LogP contribution is 2.35. The summed E-state index contributed by atoms with van der Waals surface area (Å²) in [6.45, 7) is 3.63. The minimum atomic E-state index is -0.507. The van der Waals surface area contributed by atoms with Crippen LogP contribution in [0.5, 0.6) is 5.75 Å². The summed E-state index contributed by atoms with van der Waals surface area (Å²) >= 11 is 12.7. The zero-order chi connectivity index (χ0) is 25.5. The van der Waals surface area contributed by atoms with Crippen molar-refractivity contribution in [2.24, 2.45) is 0 Å². The monoisotopic (exact) mass is 615 g/mol. The van der Waals surface area contributed by atoms with Crippen LogP contribution in [0.2, 0.25) is 5.02 Å². The van der Waals surface area contributed by atoms with Gasteiger partial charge in [0.25, 0.3) is 11.8 Å². The first-order valence-corrected chi connectivity index (χ1v) is 12.3. The van der Waals surface area contributed by atoms with E-state index >= 15 is 0 Å². The molecule has 0 atom stereocenters. The number of carbonyl (C=O) groups excluding carboxylic acids is 2. The lowest BCUT2D eigenvalue weighted by atomic mass is 10.1. The highest BCUT2D eigenvalue weighted by molar-refractivity contribution is 9.11. The van der Waals surface area contributed by atoms with E-state index in [1.807, 2.05) is 32.0 Å². The van der Waals surface area contributed by atoms with Crippen LogP contribution < -0.4 is 15.4 Å². The number of rotatable bonds is 7. The average molecular weight is 618 g/mol. The number of nitriles is 1. The van der Waals surface area contributed by atoms with E-state index < -0.39 is 5.91 Å². The van der Waals surface area contributed by atoms with Gasteiger partial charge in [0.05, 0.1) is 8.95 Å². The molecule has 0 radical (unpaired) electrons. The van der Waals surface area contributed by atoms with Crippen molar-refractivity contribution in [1.29, 1.82) is 5.26 Å². The Morgan fingerprint density at radius 2 is 1.71 bits per heavy atom. The zero-order valence-electron chi connectivity index (χ0n) is 18.8. The second kappa shape index (κ2) is 12.0. The van der Waals surface area contributed by atoms with Crippen LogP contribution in [0.15, 0.2) is 69.1 Å². The lowest BCUT2D eigenvalue weighted by Crippen LogP contribution is -2.20. The maximum absolute atomic E-state index is 12.7. The fourth-order valence-electron chi connectivity index (χ4n) is 3.06. The summed E-state index contributed by atoms with van der Waals surface area (Å²) in [7, 11) is 0. The summed E-state index contributed by atoms with van der Waals surface area (Å²) in [6.07, 6.45) is 1.48. The third-order valence-corrected chi connectivity index (χ3v) is 6.46. The van der Waals surface area contributed by atoms with Gasteiger partial charge < -0.3 is 15.4 Å². The highest BCUT2D eigenvalue weighted by atomic mass is 79.9. The molecule has 3 aromatic carbocycles. The molecular weight excluding hydrogens is 598 g/mol. The minimum absolute atomic E-state index is 0.0549. The van der Waals surface area contributed by atoms with Crippen molar-refractivity contribution in [1.82, 2.24) is 0 Å². The number of hydrogen-bond donors (Lipinski definition) is 2. The molecule has 2 N–H and O–H groups in total. The molecule has 35 heavy (non-hydrogen) atoms. The van der Waals surface area contributed by atoms with Crippen molar-refractivity contribution in [3.05, 3.63) is 90.8 Å². The largest absolute Gasteiger partial charge is 0.481 e. The predicted octanol–water partition coefficient (Wildman–Crippen LogP) is 7.05. The molecule has 0 spiro atoms. The molecule has 3 rings (SSSR count). The fourth-order valence-corrected chi connectivity index (χ4v) is 4.64. The van der Waals surface area contributed by atoms with E-state index in [4.69, 9.17) is 16.3 Å². The Bertz CT molecular complexity index is 1330. The number of hydrogen-bond acceptors (Lipinski definition) is 4. The van der Waals surface area contributed by atoms with E-state index in [9.17, 15) is 14.9 Å². The van der Waals surface area contributed by atoms with Crippen LogP contribution in [0.4, 0.5) is 11.4 Å². The van der Waals surface area contributed by atoms with E-state index in [-0.39, 0.29) is 18.1 Å². The summed E-state index contributed by atoms with van der Waals surface area (Å²) in [5.74, 6) is -0.440. The van der Waals surface area contributed by atoms with E-state index in [1.165, 1.54) is 6.08 Å². The van der Waals surface area contributed by atoms with Crippen LogP contribution in [0, 0.1) is 25.2 Å². The van der Waals surface area contributed by atoms with Crippen LogP contribution >= 0.6 is 43.5 Å². The number of amides is 2.